The van der Waals surface area contributed by atoms with Gasteiger partial charge in [-0.2, -0.15) is 15.0 Å². The van der Waals surface area contributed by atoms with Crippen molar-refractivity contribution in [1.82, 2.24) is 15.0 Å². The van der Waals surface area contributed by atoms with Crippen molar-refractivity contribution in [3.63, 3.8) is 0 Å². The molecular weight excluding hydrogens is 294 g/mol. The van der Waals surface area contributed by atoms with Gasteiger partial charge in [0.2, 0.25) is 11.9 Å². The number of anilines is 3. The average molecular weight is 313 g/mol. The van der Waals surface area contributed by atoms with E-state index in [1.807, 2.05) is 38.1 Å². The van der Waals surface area contributed by atoms with Crippen LogP contribution >= 0.6 is 0 Å². The molecule has 3 rings (SSSR count). The molecule has 1 aromatic heterocycles. The van der Waals surface area contributed by atoms with Gasteiger partial charge in [0, 0.05) is 5.69 Å². The normalized spacial score (nSPS) is 19.2. The lowest BCUT2D eigenvalue weighted by molar-refractivity contribution is -0.147. The molecule has 1 aliphatic rings. The summed E-state index contributed by atoms with van der Waals surface area (Å²) in [7, 11) is 0. The number of hydrogen-bond donors (Lipinski definition) is 2. The Kier molecular flexibility index (Phi) is 4.10. The van der Waals surface area contributed by atoms with Crippen LogP contribution in [0.25, 0.3) is 0 Å². The standard InChI is InChI=1S/C16H19N5O2/c1-9-5-3-4-6-12(9)18-16-20-13(19-15(17)21-16)8-23-14(22)11-7-10(11)2/h3-6,10-11H,7-8H2,1-2H3,(H3,17,18,19,20,21). The summed E-state index contributed by atoms with van der Waals surface area (Å²) < 4.78 is 5.23. The first-order chi connectivity index (χ1) is 11.0. The number of nitrogens with two attached hydrogens (primary N) is 1. The zero-order valence-electron chi connectivity index (χ0n) is 13.1. The van der Waals surface area contributed by atoms with E-state index in [0.717, 1.165) is 17.7 Å². The van der Waals surface area contributed by atoms with Gasteiger partial charge in [-0.3, -0.25) is 4.79 Å². The predicted molar refractivity (Wildman–Crippen MR) is 85.8 cm³/mol. The highest BCUT2D eigenvalue weighted by Crippen LogP contribution is 2.38. The summed E-state index contributed by atoms with van der Waals surface area (Å²) in [6, 6.07) is 7.77. The van der Waals surface area contributed by atoms with E-state index < -0.39 is 0 Å². The molecule has 0 radical (unpaired) electrons. The highest BCUT2D eigenvalue weighted by Gasteiger charge is 2.40. The third-order valence-corrected chi connectivity index (χ3v) is 3.85. The van der Waals surface area contributed by atoms with Crippen LogP contribution in [0.2, 0.25) is 0 Å². The number of rotatable bonds is 5. The number of nitrogens with zero attached hydrogens (tertiary/aromatic N) is 3. The molecule has 1 aliphatic carbocycles. The summed E-state index contributed by atoms with van der Waals surface area (Å²) in [5, 5.41) is 3.10. The predicted octanol–water partition coefficient (Wildman–Crippen LogP) is 2.21. The Balaban J connectivity index is 1.69. The van der Waals surface area contributed by atoms with Gasteiger partial charge in [0.25, 0.3) is 0 Å². The molecule has 0 spiro atoms. The molecular formula is C16H19N5O2. The van der Waals surface area contributed by atoms with Crippen LogP contribution in [0.5, 0.6) is 0 Å². The monoisotopic (exact) mass is 313 g/mol. The number of aromatic nitrogens is 3. The highest BCUT2D eigenvalue weighted by molar-refractivity contribution is 5.75. The van der Waals surface area contributed by atoms with E-state index >= 15 is 0 Å². The minimum atomic E-state index is -0.204. The number of ether oxygens (including phenoxy) is 1. The van der Waals surface area contributed by atoms with Crippen LogP contribution in [0.1, 0.15) is 24.7 Å². The summed E-state index contributed by atoms with van der Waals surface area (Å²) in [5.74, 6) is 0.961. The van der Waals surface area contributed by atoms with Gasteiger partial charge < -0.3 is 15.8 Å². The Hall–Kier alpha value is -2.70. The topological polar surface area (TPSA) is 103 Å². The van der Waals surface area contributed by atoms with Crippen LogP contribution in [0.4, 0.5) is 17.6 Å². The fraction of sp³-hybridized carbons (Fsp3) is 0.375. The minimum absolute atomic E-state index is 0.00275. The second-order valence-corrected chi connectivity index (χ2v) is 5.80. The Morgan fingerprint density at radius 3 is 2.78 bits per heavy atom. The van der Waals surface area contributed by atoms with Crippen LogP contribution < -0.4 is 11.1 Å². The summed E-state index contributed by atoms with van der Waals surface area (Å²) in [6.45, 7) is 4.00. The fourth-order valence-electron chi connectivity index (χ4n) is 2.29. The van der Waals surface area contributed by atoms with Gasteiger partial charge >= 0.3 is 5.97 Å². The molecule has 2 aromatic rings. The molecule has 2 unspecified atom stereocenters. The van der Waals surface area contributed by atoms with Crippen molar-refractivity contribution in [2.75, 3.05) is 11.1 Å². The molecule has 2 atom stereocenters. The van der Waals surface area contributed by atoms with Gasteiger partial charge in [-0.15, -0.1) is 0 Å². The highest BCUT2D eigenvalue weighted by atomic mass is 16.5. The summed E-state index contributed by atoms with van der Waals surface area (Å²) in [4.78, 5) is 24.1. The van der Waals surface area contributed by atoms with Crippen LogP contribution in [0.3, 0.4) is 0 Å². The van der Waals surface area contributed by atoms with Crippen LogP contribution in [-0.2, 0) is 16.1 Å². The van der Waals surface area contributed by atoms with Crippen molar-refractivity contribution in [1.29, 1.82) is 0 Å². The number of esters is 1. The quantitative estimate of drug-likeness (QED) is 0.816. The van der Waals surface area contributed by atoms with Crippen molar-refractivity contribution >= 4 is 23.6 Å². The summed E-state index contributed by atoms with van der Waals surface area (Å²) >= 11 is 0. The van der Waals surface area contributed by atoms with E-state index in [9.17, 15) is 4.79 Å². The molecule has 1 aromatic carbocycles. The number of benzene rings is 1. The largest absolute Gasteiger partial charge is 0.457 e. The lowest BCUT2D eigenvalue weighted by atomic mass is 10.2. The molecule has 7 nitrogen and oxygen atoms in total. The number of aryl methyl sites for hydroxylation is 1. The molecule has 1 heterocycles. The fourth-order valence-corrected chi connectivity index (χ4v) is 2.29. The summed E-state index contributed by atoms with van der Waals surface area (Å²) in [6.07, 6.45) is 0.887. The van der Waals surface area contributed by atoms with E-state index in [0.29, 0.717) is 17.7 Å². The van der Waals surface area contributed by atoms with E-state index in [1.54, 1.807) is 0 Å². The Bertz CT molecular complexity index is 734. The number of nitrogen functional groups attached to an aromatic ring is 1. The maximum atomic E-state index is 11.8. The molecule has 3 N–H and O–H groups in total. The van der Waals surface area contributed by atoms with Gasteiger partial charge in [-0.05, 0) is 30.9 Å². The first-order valence-electron chi connectivity index (χ1n) is 7.52. The first-order valence-corrected chi connectivity index (χ1v) is 7.52. The summed E-state index contributed by atoms with van der Waals surface area (Å²) in [5.41, 5.74) is 7.65. The molecule has 0 saturated heterocycles. The second-order valence-electron chi connectivity index (χ2n) is 5.80. The number of hydrogen-bond acceptors (Lipinski definition) is 7. The lowest BCUT2D eigenvalue weighted by Gasteiger charge is -2.09. The zero-order chi connectivity index (χ0) is 16.4. The second kappa shape index (κ2) is 6.20. The van der Waals surface area contributed by atoms with Crippen LogP contribution in [0, 0.1) is 18.8 Å². The third-order valence-electron chi connectivity index (χ3n) is 3.85. The maximum absolute atomic E-state index is 11.8. The van der Waals surface area contributed by atoms with Crippen LogP contribution in [0.15, 0.2) is 24.3 Å². The van der Waals surface area contributed by atoms with Crippen molar-refractivity contribution in [2.45, 2.75) is 26.9 Å². The number of carbonyl (C=O) groups is 1. The number of nitrogens with one attached hydrogen (secondary N) is 1. The van der Waals surface area contributed by atoms with E-state index in [2.05, 4.69) is 20.3 Å². The Morgan fingerprint density at radius 2 is 2.09 bits per heavy atom. The molecule has 0 aliphatic heterocycles. The number of carbonyl (C=O) groups excluding carboxylic acids is 1. The van der Waals surface area contributed by atoms with Crippen molar-refractivity contribution in [3.8, 4) is 0 Å². The van der Waals surface area contributed by atoms with Crippen molar-refractivity contribution < 1.29 is 9.53 Å². The van der Waals surface area contributed by atoms with Crippen LogP contribution in [-0.4, -0.2) is 20.9 Å². The molecule has 23 heavy (non-hydrogen) atoms. The smallest absolute Gasteiger partial charge is 0.309 e. The van der Waals surface area contributed by atoms with Gasteiger partial charge in [-0.1, -0.05) is 25.1 Å². The zero-order valence-corrected chi connectivity index (χ0v) is 13.1. The third kappa shape index (κ3) is 3.74. The van der Waals surface area contributed by atoms with Crippen molar-refractivity contribution in [2.24, 2.45) is 11.8 Å². The van der Waals surface area contributed by atoms with Gasteiger partial charge in [0.15, 0.2) is 12.4 Å². The molecule has 0 bridgehead atoms. The van der Waals surface area contributed by atoms with Gasteiger partial charge in [-0.25, -0.2) is 0 Å². The van der Waals surface area contributed by atoms with Gasteiger partial charge in [0.05, 0.1) is 5.92 Å². The van der Waals surface area contributed by atoms with Gasteiger partial charge in [0.1, 0.15) is 0 Å². The Labute approximate surface area is 134 Å². The van der Waals surface area contributed by atoms with E-state index in [-0.39, 0.29) is 24.4 Å². The lowest BCUT2D eigenvalue weighted by Crippen LogP contribution is -2.12. The molecule has 120 valence electrons. The Morgan fingerprint density at radius 1 is 1.35 bits per heavy atom. The molecule has 7 heteroatoms. The maximum Gasteiger partial charge on any atom is 0.309 e. The SMILES string of the molecule is Cc1ccccc1Nc1nc(N)nc(COC(=O)C2CC2C)n1. The molecule has 1 saturated carbocycles. The average Bonchev–Trinajstić information content (AvgIpc) is 3.24. The first kappa shape index (κ1) is 15.2. The number of para-hydroxylation sites is 1. The molecule has 0 amide bonds. The van der Waals surface area contributed by atoms with E-state index in [4.69, 9.17) is 10.5 Å². The van der Waals surface area contributed by atoms with Crippen molar-refractivity contribution in [3.05, 3.63) is 35.7 Å². The van der Waals surface area contributed by atoms with E-state index in [1.165, 1.54) is 0 Å². The minimum Gasteiger partial charge on any atom is -0.457 e. The molecule has 1 fully saturated rings.